The lowest BCUT2D eigenvalue weighted by Gasteiger charge is -2.33. The summed E-state index contributed by atoms with van der Waals surface area (Å²) in [4.78, 5) is 11.3. The summed E-state index contributed by atoms with van der Waals surface area (Å²) in [5.74, 6) is -0.832. The Morgan fingerprint density at radius 2 is 1.88 bits per heavy atom. The van der Waals surface area contributed by atoms with Crippen LogP contribution in [0, 0.1) is 11.3 Å². The number of hydrogen-bond donors (Lipinski definition) is 2. The number of carbonyl (C=O) groups is 1. The number of hydrogen-bond acceptors (Lipinski definition) is 3. The average molecular weight is 231 g/mol. The number of carboxylic acid groups (broad SMARTS) is 1. The largest absolute Gasteiger partial charge is 0.481 e. The van der Waals surface area contributed by atoms with E-state index >= 15 is 0 Å². The van der Waals surface area contributed by atoms with Gasteiger partial charge in [-0.05, 0) is 33.1 Å². The molecule has 0 amide bonds. The van der Waals surface area contributed by atoms with Crippen LogP contribution in [0.1, 0.15) is 41.0 Å². The van der Waals surface area contributed by atoms with Gasteiger partial charge in [-0.2, -0.15) is 0 Å². The van der Waals surface area contributed by atoms with E-state index in [4.69, 9.17) is 10.5 Å². The van der Waals surface area contributed by atoms with Gasteiger partial charge in [0.15, 0.2) is 0 Å². The third-order valence-corrected chi connectivity index (χ3v) is 2.98. The first-order chi connectivity index (χ1) is 7.15. The number of aliphatic carboxylic acids is 1. The SMILES string of the molecule is CC(C)C(CN)(CCOC(C)(C)C)C(=O)O. The van der Waals surface area contributed by atoms with Gasteiger partial charge in [0.05, 0.1) is 11.0 Å². The second-order valence-electron chi connectivity index (χ2n) is 5.53. The Morgan fingerprint density at radius 3 is 2.12 bits per heavy atom. The van der Waals surface area contributed by atoms with Gasteiger partial charge in [0, 0.05) is 13.2 Å². The van der Waals surface area contributed by atoms with Crippen LogP contribution < -0.4 is 5.73 Å². The predicted molar refractivity (Wildman–Crippen MR) is 64.3 cm³/mol. The molecule has 0 saturated carbocycles. The van der Waals surface area contributed by atoms with E-state index in [1.165, 1.54) is 0 Å². The van der Waals surface area contributed by atoms with Crippen molar-refractivity contribution in [3.05, 3.63) is 0 Å². The molecule has 0 aromatic rings. The van der Waals surface area contributed by atoms with Gasteiger partial charge in [-0.1, -0.05) is 13.8 Å². The van der Waals surface area contributed by atoms with Crippen molar-refractivity contribution in [1.29, 1.82) is 0 Å². The van der Waals surface area contributed by atoms with Crippen LogP contribution in [0.5, 0.6) is 0 Å². The molecule has 0 radical (unpaired) electrons. The van der Waals surface area contributed by atoms with Crippen molar-refractivity contribution in [3.8, 4) is 0 Å². The van der Waals surface area contributed by atoms with Gasteiger partial charge in [-0.3, -0.25) is 4.79 Å². The molecule has 0 heterocycles. The van der Waals surface area contributed by atoms with E-state index in [0.717, 1.165) is 0 Å². The fourth-order valence-corrected chi connectivity index (χ4v) is 1.61. The van der Waals surface area contributed by atoms with Crippen molar-refractivity contribution in [1.82, 2.24) is 0 Å². The number of nitrogens with two attached hydrogens (primary N) is 1. The number of ether oxygens (including phenoxy) is 1. The number of rotatable bonds is 6. The molecule has 0 saturated heterocycles. The highest BCUT2D eigenvalue weighted by Gasteiger charge is 2.40. The van der Waals surface area contributed by atoms with Crippen LogP contribution in [-0.4, -0.2) is 29.8 Å². The van der Waals surface area contributed by atoms with Crippen LogP contribution in [-0.2, 0) is 9.53 Å². The Balaban J connectivity index is 4.51. The monoisotopic (exact) mass is 231 g/mol. The Labute approximate surface area is 98.2 Å². The second kappa shape index (κ2) is 5.64. The Morgan fingerprint density at radius 1 is 1.38 bits per heavy atom. The Bertz CT molecular complexity index is 233. The minimum absolute atomic E-state index is 0.00133. The molecular formula is C12H25NO3. The maximum atomic E-state index is 11.3. The smallest absolute Gasteiger partial charge is 0.311 e. The maximum absolute atomic E-state index is 11.3. The minimum atomic E-state index is -0.870. The molecule has 4 heteroatoms. The first-order valence-electron chi connectivity index (χ1n) is 5.73. The predicted octanol–water partition coefficient (Wildman–Crippen LogP) is 1.88. The fraction of sp³-hybridized carbons (Fsp3) is 0.917. The van der Waals surface area contributed by atoms with E-state index < -0.39 is 11.4 Å². The molecule has 0 fully saturated rings. The van der Waals surface area contributed by atoms with Gasteiger partial charge in [0.25, 0.3) is 0 Å². The van der Waals surface area contributed by atoms with Crippen molar-refractivity contribution >= 4 is 5.97 Å². The van der Waals surface area contributed by atoms with Crippen molar-refractivity contribution in [2.75, 3.05) is 13.2 Å². The molecule has 16 heavy (non-hydrogen) atoms. The summed E-state index contributed by atoms with van der Waals surface area (Å²) in [6, 6.07) is 0. The molecule has 0 aromatic carbocycles. The van der Waals surface area contributed by atoms with Gasteiger partial charge in [-0.25, -0.2) is 0 Å². The van der Waals surface area contributed by atoms with Gasteiger partial charge < -0.3 is 15.6 Å². The van der Waals surface area contributed by atoms with Crippen LogP contribution in [0.2, 0.25) is 0 Å². The van der Waals surface area contributed by atoms with E-state index in [2.05, 4.69) is 0 Å². The summed E-state index contributed by atoms with van der Waals surface area (Å²) in [6.45, 7) is 10.2. The molecule has 0 aliphatic rings. The van der Waals surface area contributed by atoms with Crippen LogP contribution in [0.3, 0.4) is 0 Å². The first-order valence-corrected chi connectivity index (χ1v) is 5.73. The van der Waals surface area contributed by atoms with E-state index in [9.17, 15) is 9.90 Å². The molecule has 0 aliphatic heterocycles. The molecule has 0 bridgehead atoms. The highest BCUT2D eigenvalue weighted by molar-refractivity contribution is 5.75. The zero-order valence-electron chi connectivity index (χ0n) is 11.0. The van der Waals surface area contributed by atoms with Crippen molar-refractivity contribution < 1.29 is 14.6 Å². The van der Waals surface area contributed by atoms with Crippen LogP contribution in [0.15, 0.2) is 0 Å². The minimum Gasteiger partial charge on any atom is -0.481 e. The van der Waals surface area contributed by atoms with Crippen LogP contribution >= 0.6 is 0 Å². The van der Waals surface area contributed by atoms with E-state index in [1.807, 2.05) is 34.6 Å². The standard InChI is InChI=1S/C12H25NO3/c1-9(2)12(8-13,10(14)15)6-7-16-11(3,4)5/h9H,6-8,13H2,1-5H3,(H,14,15). The van der Waals surface area contributed by atoms with E-state index in [0.29, 0.717) is 13.0 Å². The zero-order chi connectivity index (χ0) is 13.0. The summed E-state index contributed by atoms with van der Waals surface area (Å²) in [6.07, 6.45) is 0.452. The molecule has 0 aliphatic carbocycles. The van der Waals surface area contributed by atoms with Crippen molar-refractivity contribution in [2.45, 2.75) is 46.6 Å². The third kappa shape index (κ3) is 4.10. The molecule has 3 N–H and O–H groups in total. The van der Waals surface area contributed by atoms with Crippen LogP contribution in [0.4, 0.5) is 0 Å². The van der Waals surface area contributed by atoms with Crippen LogP contribution in [0.25, 0.3) is 0 Å². The molecule has 0 rings (SSSR count). The topological polar surface area (TPSA) is 72.5 Å². The highest BCUT2D eigenvalue weighted by Crippen LogP contribution is 2.31. The maximum Gasteiger partial charge on any atom is 0.311 e. The summed E-state index contributed by atoms with van der Waals surface area (Å²) in [7, 11) is 0. The van der Waals surface area contributed by atoms with Gasteiger partial charge >= 0.3 is 5.97 Å². The zero-order valence-corrected chi connectivity index (χ0v) is 11.0. The second-order valence-corrected chi connectivity index (χ2v) is 5.53. The first kappa shape index (κ1) is 15.4. The molecule has 4 nitrogen and oxygen atoms in total. The Kier molecular flexibility index (Phi) is 5.42. The molecule has 0 spiro atoms. The van der Waals surface area contributed by atoms with Gasteiger partial charge in [-0.15, -0.1) is 0 Å². The van der Waals surface area contributed by atoms with Gasteiger partial charge in [0.2, 0.25) is 0 Å². The normalized spacial score (nSPS) is 16.2. The Hall–Kier alpha value is -0.610. The third-order valence-electron chi connectivity index (χ3n) is 2.98. The summed E-state index contributed by atoms with van der Waals surface area (Å²) < 4.78 is 5.57. The fourth-order valence-electron chi connectivity index (χ4n) is 1.61. The van der Waals surface area contributed by atoms with E-state index in [-0.39, 0.29) is 18.1 Å². The summed E-state index contributed by atoms with van der Waals surface area (Å²) in [5.41, 5.74) is 4.51. The lowest BCUT2D eigenvalue weighted by molar-refractivity contribution is -0.153. The molecule has 1 atom stereocenters. The van der Waals surface area contributed by atoms with Gasteiger partial charge in [0.1, 0.15) is 0 Å². The van der Waals surface area contributed by atoms with Crippen molar-refractivity contribution in [2.24, 2.45) is 17.1 Å². The molecular weight excluding hydrogens is 206 g/mol. The quantitative estimate of drug-likeness (QED) is 0.732. The highest BCUT2D eigenvalue weighted by atomic mass is 16.5. The van der Waals surface area contributed by atoms with Crippen molar-refractivity contribution in [3.63, 3.8) is 0 Å². The summed E-state index contributed by atoms with van der Waals surface area (Å²) >= 11 is 0. The lowest BCUT2D eigenvalue weighted by atomic mass is 9.75. The lowest BCUT2D eigenvalue weighted by Crippen LogP contribution is -2.44. The molecule has 96 valence electrons. The molecule has 0 aromatic heterocycles. The number of carboxylic acids is 1. The average Bonchev–Trinajstić information content (AvgIpc) is 2.09. The molecule has 1 unspecified atom stereocenters. The summed E-state index contributed by atoms with van der Waals surface area (Å²) in [5, 5.41) is 9.29. The van der Waals surface area contributed by atoms with E-state index in [1.54, 1.807) is 0 Å².